The number of aromatic nitrogens is 1. The highest BCUT2D eigenvalue weighted by molar-refractivity contribution is 6.30. The number of halogens is 1. The number of pyridine rings is 1. The van der Waals surface area contributed by atoms with E-state index in [0.717, 1.165) is 0 Å². The maximum absolute atomic E-state index is 13.1. The molecule has 0 atom stereocenters. The SMILES string of the molecule is COc1cc(-c2cc(C(=O)OCCOc3ccc(Cl)cc3)c3ccccc3n2)cc(OC)c1OC. The van der Waals surface area contributed by atoms with Crippen LogP contribution in [0.4, 0.5) is 0 Å². The van der Waals surface area contributed by atoms with Crippen LogP contribution >= 0.6 is 11.6 Å². The van der Waals surface area contributed by atoms with E-state index in [4.69, 9.17) is 40.3 Å². The maximum Gasteiger partial charge on any atom is 0.339 e. The van der Waals surface area contributed by atoms with Crippen LogP contribution < -0.4 is 18.9 Å². The third-order valence-corrected chi connectivity index (χ3v) is 5.55. The average Bonchev–Trinajstić information content (AvgIpc) is 2.90. The molecule has 4 aromatic rings. The molecule has 0 aliphatic carbocycles. The van der Waals surface area contributed by atoms with Gasteiger partial charge in [-0.2, -0.15) is 0 Å². The van der Waals surface area contributed by atoms with Crippen LogP contribution in [0.1, 0.15) is 10.4 Å². The molecular weight excluding hydrogens is 470 g/mol. The number of hydrogen-bond donors (Lipinski definition) is 0. The Hall–Kier alpha value is -3.97. The topological polar surface area (TPSA) is 76.1 Å². The first-order chi connectivity index (χ1) is 17.0. The molecule has 0 unspecified atom stereocenters. The normalized spacial score (nSPS) is 10.6. The molecule has 1 aromatic heterocycles. The van der Waals surface area contributed by atoms with E-state index in [0.29, 0.717) is 55.7 Å². The Bertz CT molecular complexity index is 1310. The number of para-hydroxylation sites is 1. The number of rotatable bonds is 9. The van der Waals surface area contributed by atoms with Crippen LogP contribution in [0.15, 0.2) is 66.7 Å². The molecule has 3 aromatic carbocycles. The van der Waals surface area contributed by atoms with E-state index in [9.17, 15) is 4.79 Å². The zero-order valence-corrected chi connectivity index (χ0v) is 20.3. The predicted octanol–water partition coefficient (Wildman–Crippen LogP) is 5.82. The molecule has 0 saturated heterocycles. The third kappa shape index (κ3) is 5.41. The van der Waals surface area contributed by atoms with E-state index in [2.05, 4.69) is 0 Å². The highest BCUT2D eigenvalue weighted by Gasteiger charge is 2.19. The zero-order valence-electron chi connectivity index (χ0n) is 19.5. The quantitative estimate of drug-likeness (QED) is 0.215. The highest BCUT2D eigenvalue weighted by Crippen LogP contribution is 2.41. The second-order valence-corrected chi connectivity index (χ2v) is 7.86. The number of carbonyl (C=O) groups is 1. The molecular formula is C27H24ClNO6. The summed E-state index contributed by atoms with van der Waals surface area (Å²) >= 11 is 5.89. The minimum absolute atomic E-state index is 0.0810. The van der Waals surface area contributed by atoms with Crippen molar-refractivity contribution < 1.29 is 28.5 Å². The largest absolute Gasteiger partial charge is 0.493 e. The van der Waals surface area contributed by atoms with Crippen molar-refractivity contribution in [2.24, 2.45) is 0 Å². The molecule has 4 rings (SSSR count). The Balaban J connectivity index is 1.61. The number of esters is 1. The Morgan fingerprint density at radius 3 is 2.20 bits per heavy atom. The number of benzene rings is 3. The molecule has 8 heteroatoms. The molecule has 0 saturated carbocycles. The van der Waals surface area contributed by atoms with Gasteiger partial charge < -0.3 is 23.7 Å². The number of carbonyl (C=O) groups excluding carboxylic acids is 1. The van der Waals surface area contributed by atoms with Crippen LogP contribution in [0.25, 0.3) is 22.2 Å². The monoisotopic (exact) mass is 493 g/mol. The molecule has 0 aliphatic heterocycles. The Morgan fingerprint density at radius 2 is 1.54 bits per heavy atom. The summed E-state index contributed by atoms with van der Waals surface area (Å²) in [7, 11) is 4.63. The molecule has 1 heterocycles. The van der Waals surface area contributed by atoms with Crippen LogP contribution in [0, 0.1) is 0 Å². The Kier molecular flexibility index (Phi) is 7.57. The molecule has 180 valence electrons. The minimum Gasteiger partial charge on any atom is -0.493 e. The van der Waals surface area contributed by atoms with Gasteiger partial charge in [0.05, 0.1) is 38.1 Å². The summed E-state index contributed by atoms with van der Waals surface area (Å²) in [5.41, 5.74) is 2.31. The van der Waals surface area contributed by atoms with Crippen LogP contribution in [0.5, 0.6) is 23.0 Å². The number of fused-ring (bicyclic) bond motifs is 1. The summed E-state index contributed by atoms with van der Waals surface area (Å²) in [6.45, 7) is 0.285. The predicted molar refractivity (Wildman–Crippen MR) is 134 cm³/mol. The minimum atomic E-state index is -0.475. The lowest BCUT2D eigenvalue weighted by molar-refractivity contribution is 0.0452. The first-order valence-corrected chi connectivity index (χ1v) is 11.2. The third-order valence-electron chi connectivity index (χ3n) is 5.30. The van der Waals surface area contributed by atoms with Crippen molar-refractivity contribution in [2.75, 3.05) is 34.5 Å². The summed E-state index contributed by atoms with van der Waals surface area (Å²) in [5, 5.41) is 1.31. The molecule has 0 bridgehead atoms. The fraction of sp³-hybridized carbons (Fsp3) is 0.185. The first kappa shape index (κ1) is 24.2. The number of ether oxygens (including phenoxy) is 5. The molecule has 0 spiro atoms. The summed E-state index contributed by atoms with van der Waals surface area (Å²) in [5.74, 6) is 1.61. The summed E-state index contributed by atoms with van der Waals surface area (Å²) in [6, 6.07) is 19.6. The molecule has 7 nitrogen and oxygen atoms in total. The molecule has 35 heavy (non-hydrogen) atoms. The van der Waals surface area contributed by atoms with E-state index in [1.54, 1.807) is 63.8 Å². The van der Waals surface area contributed by atoms with E-state index >= 15 is 0 Å². The van der Waals surface area contributed by atoms with Crippen molar-refractivity contribution in [2.45, 2.75) is 0 Å². The van der Waals surface area contributed by atoms with Crippen LogP contribution in [-0.2, 0) is 4.74 Å². The second-order valence-electron chi connectivity index (χ2n) is 7.42. The van der Waals surface area contributed by atoms with Gasteiger partial charge in [-0.1, -0.05) is 29.8 Å². The lowest BCUT2D eigenvalue weighted by Crippen LogP contribution is -2.13. The van der Waals surface area contributed by atoms with Gasteiger partial charge in [-0.25, -0.2) is 9.78 Å². The fourth-order valence-corrected chi connectivity index (χ4v) is 3.75. The maximum atomic E-state index is 13.1. The Morgan fingerprint density at radius 1 is 0.857 bits per heavy atom. The second kappa shape index (κ2) is 11.0. The molecule has 0 amide bonds. The molecule has 0 radical (unpaired) electrons. The van der Waals surface area contributed by atoms with Gasteiger partial charge in [-0.3, -0.25) is 0 Å². The van der Waals surface area contributed by atoms with Crippen LogP contribution in [-0.4, -0.2) is 45.5 Å². The zero-order chi connectivity index (χ0) is 24.8. The van der Waals surface area contributed by atoms with E-state index in [-0.39, 0.29) is 13.2 Å². The van der Waals surface area contributed by atoms with Gasteiger partial charge >= 0.3 is 5.97 Å². The van der Waals surface area contributed by atoms with E-state index in [1.807, 2.05) is 24.3 Å². The smallest absolute Gasteiger partial charge is 0.339 e. The number of nitrogens with zero attached hydrogens (tertiary/aromatic N) is 1. The van der Waals surface area contributed by atoms with Crippen molar-refractivity contribution in [3.05, 3.63) is 77.3 Å². The van der Waals surface area contributed by atoms with Crippen molar-refractivity contribution >= 4 is 28.5 Å². The van der Waals surface area contributed by atoms with Crippen molar-refractivity contribution in [3.8, 4) is 34.3 Å². The van der Waals surface area contributed by atoms with Crippen molar-refractivity contribution in [3.63, 3.8) is 0 Å². The van der Waals surface area contributed by atoms with Gasteiger partial charge in [-0.15, -0.1) is 0 Å². The molecule has 0 N–H and O–H groups in total. The fourth-order valence-electron chi connectivity index (χ4n) is 3.62. The van der Waals surface area contributed by atoms with Gasteiger partial charge in [0, 0.05) is 16.0 Å². The lowest BCUT2D eigenvalue weighted by atomic mass is 10.0. The van der Waals surface area contributed by atoms with Crippen molar-refractivity contribution in [1.29, 1.82) is 0 Å². The van der Waals surface area contributed by atoms with Gasteiger partial charge in [0.25, 0.3) is 0 Å². The van der Waals surface area contributed by atoms with Gasteiger partial charge in [0.1, 0.15) is 19.0 Å². The summed E-state index contributed by atoms with van der Waals surface area (Å²) in [4.78, 5) is 17.8. The van der Waals surface area contributed by atoms with E-state index < -0.39 is 5.97 Å². The highest BCUT2D eigenvalue weighted by atomic mass is 35.5. The Labute approximate surface area is 208 Å². The number of methoxy groups -OCH3 is 3. The molecule has 0 fully saturated rings. The van der Waals surface area contributed by atoms with Crippen molar-refractivity contribution in [1.82, 2.24) is 4.98 Å². The molecule has 0 aliphatic rings. The van der Waals surface area contributed by atoms with Crippen LogP contribution in [0.2, 0.25) is 5.02 Å². The first-order valence-electron chi connectivity index (χ1n) is 10.8. The number of hydrogen-bond acceptors (Lipinski definition) is 7. The van der Waals surface area contributed by atoms with Gasteiger partial charge in [-0.05, 0) is 48.5 Å². The standard InChI is InChI=1S/C27H24ClNO6/c1-31-24-14-17(15-25(32-2)26(24)33-3)23-16-21(20-6-4-5-7-22(20)29-23)27(30)35-13-12-34-19-10-8-18(28)9-11-19/h4-11,14-16H,12-13H2,1-3H3. The van der Waals surface area contributed by atoms with Crippen LogP contribution in [0.3, 0.4) is 0 Å². The van der Waals surface area contributed by atoms with Gasteiger partial charge in [0.15, 0.2) is 11.5 Å². The lowest BCUT2D eigenvalue weighted by Gasteiger charge is -2.15. The summed E-state index contributed by atoms with van der Waals surface area (Å²) < 4.78 is 27.5. The van der Waals surface area contributed by atoms with Gasteiger partial charge in [0.2, 0.25) is 5.75 Å². The average molecular weight is 494 g/mol. The summed E-state index contributed by atoms with van der Waals surface area (Å²) in [6.07, 6.45) is 0. The van der Waals surface area contributed by atoms with E-state index in [1.165, 1.54) is 0 Å².